The summed E-state index contributed by atoms with van der Waals surface area (Å²) in [4.78, 5) is 4.20. The Bertz CT molecular complexity index is 643. The molecule has 2 aromatic heterocycles. The third-order valence-electron chi connectivity index (χ3n) is 2.49. The molecule has 0 unspecified atom stereocenters. The van der Waals surface area contributed by atoms with Crippen molar-refractivity contribution in [2.24, 2.45) is 0 Å². The van der Waals surface area contributed by atoms with Crippen LogP contribution in [0.2, 0.25) is 0 Å². The van der Waals surface area contributed by atoms with Crippen LogP contribution >= 0.6 is 0 Å². The van der Waals surface area contributed by atoms with Crippen molar-refractivity contribution in [3.63, 3.8) is 0 Å². The molecule has 0 aliphatic carbocycles. The van der Waals surface area contributed by atoms with E-state index in [1.807, 2.05) is 53.1 Å². The van der Waals surface area contributed by atoms with Crippen LogP contribution in [0.4, 0.5) is 5.69 Å². The molecule has 0 aliphatic heterocycles. The summed E-state index contributed by atoms with van der Waals surface area (Å²) in [5, 5.41) is 0. The summed E-state index contributed by atoms with van der Waals surface area (Å²) in [5.74, 6) is 1.48. The number of benzene rings is 1. The normalized spacial score (nSPS) is 10.6. The first kappa shape index (κ1) is 9.72. The van der Waals surface area contributed by atoms with Gasteiger partial charge in [0.05, 0.1) is 0 Å². The quantitative estimate of drug-likeness (QED) is 0.682. The fourth-order valence-electron chi connectivity index (χ4n) is 1.66. The summed E-state index contributed by atoms with van der Waals surface area (Å²) >= 11 is 0. The molecule has 0 spiro atoms. The number of rotatable bonds is 2. The van der Waals surface area contributed by atoms with E-state index in [0.717, 1.165) is 23.0 Å². The zero-order valence-electron chi connectivity index (χ0n) is 9.08. The van der Waals surface area contributed by atoms with Gasteiger partial charge in [0.25, 0.3) is 0 Å². The van der Waals surface area contributed by atoms with Crippen LogP contribution in [0.25, 0.3) is 5.65 Å². The van der Waals surface area contributed by atoms with Gasteiger partial charge in [-0.2, -0.15) is 0 Å². The fourth-order valence-corrected chi connectivity index (χ4v) is 1.66. The average Bonchev–Trinajstić information content (AvgIpc) is 2.81. The molecule has 2 heterocycles. The van der Waals surface area contributed by atoms with Crippen molar-refractivity contribution in [2.45, 2.75) is 0 Å². The Kier molecular flexibility index (Phi) is 2.19. The van der Waals surface area contributed by atoms with Gasteiger partial charge in [-0.1, -0.05) is 6.07 Å². The van der Waals surface area contributed by atoms with Crippen LogP contribution in [-0.2, 0) is 0 Å². The molecule has 3 aromatic rings. The zero-order valence-corrected chi connectivity index (χ0v) is 9.08. The van der Waals surface area contributed by atoms with Gasteiger partial charge in [0.2, 0.25) is 5.88 Å². The highest BCUT2D eigenvalue weighted by atomic mass is 16.5. The lowest BCUT2D eigenvalue weighted by atomic mass is 10.3. The second-order valence-corrected chi connectivity index (χ2v) is 3.69. The number of hydrogen-bond donors (Lipinski definition) is 1. The first-order valence-corrected chi connectivity index (χ1v) is 5.28. The highest BCUT2D eigenvalue weighted by molar-refractivity contribution is 5.45. The zero-order chi connectivity index (χ0) is 11.7. The monoisotopic (exact) mass is 225 g/mol. The first-order chi connectivity index (χ1) is 8.33. The lowest BCUT2D eigenvalue weighted by Crippen LogP contribution is -1.92. The molecular weight excluding hydrogens is 214 g/mol. The molecule has 17 heavy (non-hydrogen) atoms. The van der Waals surface area contributed by atoms with Crippen molar-refractivity contribution >= 4 is 11.3 Å². The Labute approximate surface area is 98.3 Å². The molecule has 4 heteroatoms. The van der Waals surface area contributed by atoms with Crippen molar-refractivity contribution in [2.75, 3.05) is 5.73 Å². The van der Waals surface area contributed by atoms with Gasteiger partial charge in [-0.05, 0) is 36.4 Å². The van der Waals surface area contributed by atoms with E-state index in [-0.39, 0.29) is 0 Å². The van der Waals surface area contributed by atoms with E-state index >= 15 is 0 Å². The van der Waals surface area contributed by atoms with Gasteiger partial charge in [0.1, 0.15) is 11.4 Å². The summed E-state index contributed by atoms with van der Waals surface area (Å²) in [6.45, 7) is 0. The number of pyridine rings is 1. The maximum atomic E-state index is 5.77. The third-order valence-corrected chi connectivity index (χ3v) is 2.49. The van der Waals surface area contributed by atoms with Crippen molar-refractivity contribution in [1.29, 1.82) is 0 Å². The number of imidazole rings is 1. The second-order valence-electron chi connectivity index (χ2n) is 3.69. The first-order valence-electron chi connectivity index (χ1n) is 5.28. The molecule has 2 N–H and O–H groups in total. The third kappa shape index (κ3) is 1.80. The molecule has 3 rings (SSSR count). The number of hydrogen-bond acceptors (Lipinski definition) is 3. The van der Waals surface area contributed by atoms with Crippen LogP contribution in [0, 0.1) is 0 Å². The minimum Gasteiger partial charge on any atom is -0.440 e. The predicted octanol–water partition coefficient (Wildman–Crippen LogP) is 2.71. The molecule has 0 fully saturated rings. The van der Waals surface area contributed by atoms with Gasteiger partial charge in [0.15, 0.2) is 0 Å². The van der Waals surface area contributed by atoms with Crippen molar-refractivity contribution in [3.8, 4) is 11.6 Å². The predicted molar refractivity (Wildman–Crippen MR) is 66.1 cm³/mol. The minimum absolute atomic E-state index is 0.721. The number of aromatic nitrogens is 2. The van der Waals surface area contributed by atoms with Crippen LogP contribution in [0.15, 0.2) is 54.9 Å². The van der Waals surface area contributed by atoms with E-state index in [4.69, 9.17) is 10.5 Å². The van der Waals surface area contributed by atoms with Gasteiger partial charge >= 0.3 is 0 Å². The van der Waals surface area contributed by atoms with E-state index in [9.17, 15) is 0 Å². The van der Waals surface area contributed by atoms with Crippen molar-refractivity contribution < 1.29 is 4.74 Å². The van der Waals surface area contributed by atoms with Crippen LogP contribution in [0.3, 0.4) is 0 Å². The number of anilines is 1. The van der Waals surface area contributed by atoms with Crippen molar-refractivity contribution in [3.05, 3.63) is 54.9 Å². The Balaban J connectivity index is 1.99. The highest BCUT2D eigenvalue weighted by Crippen LogP contribution is 2.22. The number of fused-ring (bicyclic) bond motifs is 1. The second kappa shape index (κ2) is 3.83. The Morgan fingerprint density at radius 3 is 2.71 bits per heavy atom. The van der Waals surface area contributed by atoms with Crippen molar-refractivity contribution in [1.82, 2.24) is 9.38 Å². The van der Waals surface area contributed by atoms with E-state index in [2.05, 4.69) is 4.98 Å². The lowest BCUT2D eigenvalue weighted by molar-refractivity contribution is 0.456. The van der Waals surface area contributed by atoms with E-state index in [1.165, 1.54) is 0 Å². The molecule has 0 radical (unpaired) electrons. The fraction of sp³-hybridized carbons (Fsp3) is 0. The number of nitrogens with two attached hydrogens (primary N) is 1. The largest absolute Gasteiger partial charge is 0.440 e. The molecule has 0 saturated carbocycles. The van der Waals surface area contributed by atoms with Gasteiger partial charge in [-0.3, -0.25) is 4.40 Å². The lowest BCUT2D eigenvalue weighted by Gasteiger charge is -2.07. The van der Waals surface area contributed by atoms with Gasteiger partial charge in [-0.25, -0.2) is 4.98 Å². The summed E-state index contributed by atoms with van der Waals surface area (Å²) in [6.07, 6.45) is 3.60. The molecular formula is C13H11N3O. The standard InChI is InChI=1S/C13H11N3O/c14-10-4-6-11(7-5-10)17-13-3-1-2-12-15-8-9-16(12)13/h1-9H,14H2. The smallest absolute Gasteiger partial charge is 0.205 e. The SMILES string of the molecule is Nc1ccc(Oc2cccc3nccn23)cc1. The van der Waals surface area contributed by atoms with Crippen LogP contribution in [-0.4, -0.2) is 9.38 Å². The molecule has 1 aromatic carbocycles. The van der Waals surface area contributed by atoms with E-state index in [1.54, 1.807) is 6.20 Å². The maximum Gasteiger partial charge on any atom is 0.205 e. The Morgan fingerprint density at radius 1 is 1.06 bits per heavy atom. The minimum atomic E-state index is 0.721. The molecule has 0 amide bonds. The van der Waals surface area contributed by atoms with Gasteiger partial charge in [0, 0.05) is 18.1 Å². The molecule has 0 saturated heterocycles. The van der Waals surface area contributed by atoms with Gasteiger partial charge < -0.3 is 10.5 Å². The topological polar surface area (TPSA) is 52.5 Å². The van der Waals surface area contributed by atoms with E-state index < -0.39 is 0 Å². The number of ether oxygens (including phenoxy) is 1. The van der Waals surface area contributed by atoms with Crippen LogP contribution in [0.5, 0.6) is 11.6 Å². The van der Waals surface area contributed by atoms with Crippen LogP contribution in [0.1, 0.15) is 0 Å². The van der Waals surface area contributed by atoms with Gasteiger partial charge in [-0.15, -0.1) is 0 Å². The van der Waals surface area contributed by atoms with E-state index in [0.29, 0.717) is 0 Å². The summed E-state index contributed by atoms with van der Waals surface area (Å²) in [5.41, 5.74) is 7.20. The number of nitrogens with zero attached hydrogens (tertiary/aromatic N) is 2. The molecule has 84 valence electrons. The Morgan fingerprint density at radius 2 is 1.88 bits per heavy atom. The van der Waals surface area contributed by atoms with Crippen LogP contribution < -0.4 is 10.5 Å². The number of nitrogen functional groups attached to an aromatic ring is 1. The highest BCUT2D eigenvalue weighted by Gasteiger charge is 2.02. The molecule has 0 aliphatic rings. The summed E-state index contributed by atoms with van der Waals surface area (Å²) < 4.78 is 7.66. The average molecular weight is 225 g/mol. The summed E-state index contributed by atoms with van der Waals surface area (Å²) in [7, 11) is 0. The molecule has 0 bridgehead atoms. The maximum absolute atomic E-state index is 5.77. The molecule has 4 nitrogen and oxygen atoms in total. The molecule has 0 atom stereocenters. The Hall–Kier alpha value is -2.49. The summed E-state index contributed by atoms with van der Waals surface area (Å²) in [6, 6.07) is 13.0.